The number of rotatable bonds is 4. The lowest BCUT2D eigenvalue weighted by Gasteiger charge is -2.22. The Bertz CT molecular complexity index is 1110. The molecule has 0 bridgehead atoms. The number of carbonyl (C=O) groups excluding carboxylic acids is 3. The van der Waals surface area contributed by atoms with Crippen LogP contribution in [-0.2, 0) is 14.3 Å². The summed E-state index contributed by atoms with van der Waals surface area (Å²) in [7, 11) is 1.32. The quantitative estimate of drug-likeness (QED) is 0.670. The third-order valence-corrected chi connectivity index (χ3v) is 6.48. The minimum absolute atomic E-state index is 0.149. The van der Waals surface area contributed by atoms with E-state index in [1.54, 1.807) is 17.4 Å². The van der Waals surface area contributed by atoms with Crippen molar-refractivity contribution in [3.05, 3.63) is 48.0 Å². The van der Waals surface area contributed by atoms with E-state index in [2.05, 4.69) is 17.4 Å². The van der Waals surface area contributed by atoms with E-state index in [-0.39, 0.29) is 24.3 Å². The number of likely N-dealkylation sites (tertiary alicyclic amines) is 1. The van der Waals surface area contributed by atoms with Crippen molar-refractivity contribution in [1.29, 1.82) is 0 Å². The van der Waals surface area contributed by atoms with Crippen LogP contribution < -0.4 is 5.32 Å². The molecule has 1 N–H and O–H groups in total. The fraction of sp³-hybridized carbons (Fsp3) is 0.318. The molecule has 0 aliphatic carbocycles. The lowest BCUT2D eigenvalue weighted by molar-refractivity contribution is -0.150. The number of fused-ring (bicyclic) bond motifs is 3. The second-order valence-corrected chi connectivity index (χ2v) is 8.50. The van der Waals surface area contributed by atoms with Gasteiger partial charge in [-0.1, -0.05) is 31.2 Å². The zero-order valence-corrected chi connectivity index (χ0v) is 17.1. The predicted octanol–water partition coefficient (Wildman–Crippen LogP) is 3.19. The summed E-state index contributed by atoms with van der Waals surface area (Å²) in [6.45, 7) is 2.33. The van der Waals surface area contributed by atoms with Gasteiger partial charge in [0.15, 0.2) is 0 Å². The van der Waals surface area contributed by atoms with Gasteiger partial charge in [0.1, 0.15) is 6.04 Å². The molecule has 0 spiro atoms. The number of amides is 2. The van der Waals surface area contributed by atoms with E-state index < -0.39 is 12.0 Å². The average molecular weight is 410 g/mol. The van der Waals surface area contributed by atoms with Crippen molar-refractivity contribution in [2.75, 3.05) is 20.2 Å². The van der Waals surface area contributed by atoms with Gasteiger partial charge in [0, 0.05) is 32.3 Å². The minimum Gasteiger partial charge on any atom is -0.467 e. The SMILES string of the molecule is COC(=O)[C@@H]1C[C@@H](C)CN1C(=O)CNC(=O)c1ccc2c(c1)sc1ccccc12. The Kier molecular flexibility index (Phi) is 5.24. The van der Waals surface area contributed by atoms with Crippen molar-refractivity contribution in [1.82, 2.24) is 10.2 Å². The van der Waals surface area contributed by atoms with Gasteiger partial charge in [-0.3, -0.25) is 9.59 Å². The van der Waals surface area contributed by atoms with Crippen molar-refractivity contribution >= 4 is 49.3 Å². The molecule has 2 atom stereocenters. The van der Waals surface area contributed by atoms with Crippen LogP contribution in [0.3, 0.4) is 0 Å². The maximum absolute atomic E-state index is 12.6. The van der Waals surface area contributed by atoms with Gasteiger partial charge in [-0.2, -0.15) is 0 Å². The van der Waals surface area contributed by atoms with E-state index in [0.29, 0.717) is 18.5 Å². The molecular weight excluding hydrogens is 388 g/mol. The summed E-state index contributed by atoms with van der Waals surface area (Å²) in [6.07, 6.45) is 0.578. The van der Waals surface area contributed by atoms with Gasteiger partial charge in [-0.05, 0) is 30.5 Å². The highest BCUT2D eigenvalue weighted by atomic mass is 32.1. The maximum Gasteiger partial charge on any atom is 0.328 e. The summed E-state index contributed by atoms with van der Waals surface area (Å²) in [6, 6.07) is 13.1. The van der Waals surface area contributed by atoms with Gasteiger partial charge < -0.3 is 15.0 Å². The molecule has 1 aliphatic heterocycles. The van der Waals surface area contributed by atoms with E-state index in [4.69, 9.17) is 4.74 Å². The number of carbonyl (C=O) groups is 3. The number of nitrogens with one attached hydrogen (secondary N) is 1. The molecule has 2 aromatic carbocycles. The van der Waals surface area contributed by atoms with Crippen molar-refractivity contribution < 1.29 is 19.1 Å². The van der Waals surface area contributed by atoms with Crippen LogP contribution in [0.4, 0.5) is 0 Å². The highest BCUT2D eigenvalue weighted by Gasteiger charge is 2.38. The number of esters is 1. The average Bonchev–Trinajstić information content (AvgIpc) is 3.31. The normalized spacial score (nSPS) is 18.9. The highest BCUT2D eigenvalue weighted by molar-refractivity contribution is 7.25. The third kappa shape index (κ3) is 3.70. The van der Waals surface area contributed by atoms with Crippen LogP contribution in [0.15, 0.2) is 42.5 Å². The van der Waals surface area contributed by atoms with E-state index in [1.165, 1.54) is 22.1 Å². The first-order chi connectivity index (χ1) is 14.0. The summed E-state index contributed by atoms with van der Waals surface area (Å²) in [5.74, 6) is -0.779. The van der Waals surface area contributed by atoms with Crippen molar-refractivity contribution in [2.45, 2.75) is 19.4 Å². The second-order valence-electron chi connectivity index (χ2n) is 7.42. The Labute approximate surface area is 172 Å². The van der Waals surface area contributed by atoms with Crippen LogP contribution in [0, 0.1) is 5.92 Å². The zero-order valence-electron chi connectivity index (χ0n) is 16.3. The van der Waals surface area contributed by atoms with Crippen LogP contribution in [0.1, 0.15) is 23.7 Å². The second kappa shape index (κ2) is 7.83. The van der Waals surface area contributed by atoms with Crippen LogP contribution in [0.5, 0.6) is 0 Å². The molecule has 4 rings (SSSR count). The van der Waals surface area contributed by atoms with E-state index in [0.717, 1.165) is 10.1 Å². The molecule has 150 valence electrons. The Morgan fingerprint density at radius 3 is 2.69 bits per heavy atom. The summed E-state index contributed by atoms with van der Waals surface area (Å²) in [5, 5.41) is 4.98. The van der Waals surface area contributed by atoms with Crippen molar-refractivity contribution in [3.63, 3.8) is 0 Å². The fourth-order valence-electron chi connectivity index (χ4n) is 3.91. The largest absolute Gasteiger partial charge is 0.467 e. The van der Waals surface area contributed by atoms with Crippen LogP contribution in [-0.4, -0.2) is 48.9 Å². The summed E-state index contributed by atoms with van der Waals surface area (Å²) >= 11 is 1.64. The molecular formula is C22H22N2O4S. The van der Waals surface area contributed by atoms with Crippen LogP contribution >= 0.6 is 11.3 Å². The molecule has 3 aromatic rings. The van der Waals surface area contributed by atoms with Gasteiger partial charge in [-0.25, -0.2) is 4.79 Å². The Hall–Kier alpha value is -2.93. The van der Waals surface area contributed by atoms with Crippen molar-refractivity contribution in [3.8, 4) is 0 Å². The smallest absolute Gasteiger partial charge is 0.328 e. The first-order valence-corrected chi connectivity index (χ1v) is 10.4. The minimum atomic E-state index is -0.575. The molecule has 0 radical (unpaired) electrons. The number of hydrogen-bond acceptors (Lipinski definition) is 5. The first kappa shape index (κ1) is 19.4. The number of benzene rings is 2. The van der Waals surface area contributed by atoms with Gasteiger partial charge >= 0.3 is 5.97 Å². The first-order valence-electron chi connectivity index (χ1n) is 9.54. The molecule has 0 saturated carbocycles. The van der Waals surface area contributed by atoms with Gasteiger partial charge in [0.25, 0.3) is 5.91 Å². The molecule has 1 saturated heterocycles. The van der Waals surface area contributed by atoms with Gasteiger partial charge in [0.05, 0.1) is 13.7 Å². The molecule has 2 heterocycles. The predicted molar refractivity (Wildman–Crippen MR) is 113 cm³/mol. The number of methoxy groups -OCH3 is 1. The molecule has 1 fully saturated rings. The van der Waals surface area contributed by atoms with Crippen LogP contribution in [0.2, 0.25) is 0 Å². The monoisotopic (exact) mass is 410 g/mol. The topological polar surface area (TPSA) is 75.7 Å². The van der Waals surface area contributed by atoms with E-state index in [1.807, 2.05) is 31.2 Å². The molecule has 6 nitrogen and oxygen atoms in total. The summed E-state index contributed by atoms with van der Waals surface area (Å²) in [5.41, 5.74) is 0.510. The Balaban J connectivity index is 1.46. The Morgan fingerprint density at radius 2 is 1.90 bits per heavy atom. The summed E-state index contributed by atoms with van der Waals surface area (Å²) in [4.78, 5) is 38.6. The van der Waals surface area contributed by atoms with Gasteiger partial charge in [0.2, 0.25) is 5.91 Å². The Morgan fingerprint density at radius 1 is 1.14 bits per heavy atom. The lowest BCUT2D eigenvalue weighted by Crippen LogP contribution is -2.46. The standard InChI is InChI=1S/C22H22N2O4S/c1-13-9-17(22(27)28-2)24(12-13)20(25)11-23-21(26)14-7-8-16-15-5-3-4-6-18(15)29-19(16)10-14/h3-8,10,13,17H,9,11-12H2,1-2H3,(H,23,26)/t13-,17+/m1/s1. The summed E-state index contributed by atoms with van der Waals surface area (Å²) < 4.78 is 7.01. The zero-order chi connectivity index (χ0) is 20.5. The molecule has 1 aromatic heterocycles. The lowest BCUT2D eigenvalue weighted by atomic mass is 10.1. The number of hydrogen-bond donors (Lipinski definition) is 1. The third-order valence-electron chi connectivity index (χ3n) is 5.34. The molecule has 29 heavy (non-hydrogen) atoms. The number of thiophene rings is 1. The maximum atomic E-state index is 12.6. The van der Waals surface area contributed by atoms with E-state index >= 15 is 0 Å². The molecule has 2 amide bonds. The molecule has 0 unspecified atom stereocenters. The van der Waals surface area contributed by atoms with Crippen molar-refractivity contribution in [2.24, 2.45) is 5.92 Å². The van der Waals surface area contributed by atoms with E-state index in [9.17, 15) is 14.4 Å². The van der Waals surface area contributed by atoms with Crippen LogP contribution in [0.25, 0.3) is 20.2 Å². The molecule has 1 aliphatic rings. The number of nitrogens with zero attached hydrogens (tertiary/aromatic N) is 1. The fourth-order valence-corrected chi connectivity index (χ4v) is 5.05. The van der Waals surface area contributed by atoms with Gasteiger partial charge in [-0.15, -0.1) is 11.3 Å². The molecule has 7 heteroatoms. The highest BCUT2D eigenvalue weighted by Crippen LogP contribution is 2.34. The number of ether oxygens (including phenoxy) is 1.